The van der Waals surface area contributed by atoms with Crippen LogP contribution in [0.3, 0.4) is 0 Å². The summed E-state index contributed by atoms with van der Waals surface area (Å²) in [5, 5.41) is 9.45. The molecule has 5 nitrogen and oxygen atoms in total. The van der Waals surface area contributed by atoms with Gasteiger partial charge in [0.2, 0.25) is 0 Å². The number of carboxylic acids is 1. The molecule has 0 saturated carbocycles. The molecule has 0 saturated heterocycles. The fraction of sp³-hybridized carbons (Fsp3) is 0.462. The Bertz CT molecular complexity index is 472. The number of carboxylic acid groups (broad SMARTS) is 1. The lowest BCUT2D eigenvalue weighted by molar-refractivity contribution is -0.149. The van der Waals surface area contributed by atoms with Crippen molar-refractivity contribution in [3.63, 3.8) is 0 Å². The van der Waals surface area contributed by atoms with Crippen LogP contribution in [-0.2, 0) is 10.3 Å². The highest BCUT2D eigenvalue weighted by atomic mass is 16.6. The van der Waals surface area contributed by atoms with E-state index in [1.54, 1.807) is 44.1 Å². The van der Waals surface area contributed by atoms with E-state index >= 15 is 0 Å². The van der Waals surface area contributed by atoms with E-state index < -0.39 is 11.5 Å². The smallest absolute Gasteiger partial charge is 0.328 e. The largest absolute Gasteiger partial charge is 0.486 e. The zero-order valence-electron chi connectivity index (χ0n) is 10.8. The Labute approximate surface area is 106 Å². The second-order valence-corrected chi connectivity index (χ2v) is 4.63. The molecule has 18 heavy (non-hydrogen) atoms. The van der Waals surface area contributed by atoms with Crippen LogP contribution in [0, 0.1) is 0 Å². The van der Waals surface area contributed by atoms with E-state index in [0.29, 0.717) is 30.3 Å². The standard InChI is InChI=1S/C13H17NO4/c1-13(12(15)16,14(2)3)9-4-5-10-11(8-9)18-7-6-17-10/h4-5,8H,6-7H2,1-3H3,(H,15,16). The van der Waals surface area contributed by atoms with Gasteiger partial charge in [0.15, 0.2) is 11.5 Å². The number of ether oxygens (including phenoxy) is 2. The summed E-state index contributed by atoms with van der Waals surface area (Å²) in [5.41, 5.74) is -0.417. The van der Waals surface area contributed by atoms with E-state index in [1.165, 1.54) is 0 Å². The molecule has 1 aromatic rings. The van der Waals surface area contributed by atoms with Gasteiger partial charge in [0, 0.05) is 0 Å². The van der Waals surface area contributed by atoms with Crippen LogP contribution >= 0.6 is 0 Å². The summed E-state index contributed by atoms with van der Waals surface area (Å²) in [6, 6.07) is 5.26. The highest BCUT2D eigenvalue weighted by molar-refractivity contribution is 5.80. The van der Waals surface area contributed by atoms with Crippen molar-refractivity contribution in [3.05, 3.63) is 23.8 Å². The number of fused-ring (bicyclic) bond motifs is 1. The van der Waals surface area contributed by atoms with Crippen molar-refractivity contribution in [3.8, 4) is 11.5 Å². The van der Waals surface area contributed by atoms with E-state index in [0.717, 1.165) is 0 Å². The molecule has 1 unspecified atom stereocenters. The van der Waals surface area contributed by atoms with Gasteiger partial charge in [-0.3, -0.25) is 4.90 Å². The number of rotatable bonds is 3. The van der Waals surface area contributed by atoms with E-state index in [1.807, 2.05) is 0 Å². The van der Waals surface area contributed by atoms with Gasteiger partial charge < -0.3 is 14.6 Å². The summed E-state index contributed by atoms with van der Waals surface area (Å²) in [7, 11) is 3.48. The minimum atomic E-state index is -1.09. The summed E-state index contributed by atoms with van der Waals surface area (Å²) in [6.07, 6.45) is 0. The van der Waals surface area contributed by atoms with Crippen molar-refractivity contribution in [1.29, 1.82) is 0 Å². The summed E-state index contributed by atoms with van der Waals surface area (Å²) in [4.78, 5) is 13.2. The topological polar surface area (TPSA) is 59.0 Å². The van der Waals surface area contributed by atoms with Gasteiger partial charge in [-0.2, -0.15) is 0 Å². The monoisotopic (exact) mass is 251 g/mol. The third-order valence-electron chi connectivity index (χ3n) is 3.42. The van der Waals surface area contributed by atoms with Crippen molar-refractivity contribution in [2.45, 2.75) is 12.5 Å². The molecular formula is C13H17NO4. The fourth-order valence-corrected chi connectivity index (χ4v) is 1.92. The van der Waals surface area contributed by atoms with Crippen LogP contribution in [0.15, 0.2) is 18.2 Å². The molecule has 0 aliphatic carbocycles. The van der Waals surface area contributed by atoms with Crippen molar-refractivity contribution >= 4 is 5.97 Å². The summed E-state index contributed by atoms with van der Waals surface area (Å²) in [5.74, 6) is 0.369. The van der Waals surface area contributed by atoms with Crippen LogP contribution in [0.1, 0.15) is 12.5 Å². The van der Waals surface area contributed by atoms with Crippen LogP contribution < -0.4 is 9.47 Å². The molecule has 0 aromatic heterocycles. The van der Waals surface area contributed by atoms with Gasteiger partial charge in [-0.1, -0.05) is 6.07 Å². The first-order valence-electron chi connectivity index (χ1n) is 5.77. The van der Waals surface area contributed by atoms with Crippen molar-refractivity contribution in [2.75, 3.05) is 27.3 Å². The molecule has 1 aromatic carbocycles. The van der Waals surface area contributed by atoms with E-state index in [-0.39, 0.29) is 0 Å². The van der Waals surface area contributed by atoms with E-state index in [4.69, 9.17) is 9.47 Å². The van der Waals surface area contributed by atoms with Gasteiger partial charge in [0.05, 0.1) is 0 Å². The number of benzene rings is 1. The molecule has 0 radical (unpaired) electrons. The summed E-state index contributed by atoms with van der Waals surface area (Å²) in [6.45, 7) is 2.68. The number of carbonyl (C=O) groups is 1. The molecule has 0 spiro atoms. The van der Waals surface area contributed by atoms with Crippen LogP contribution in [0.2, 0.25) is 0 Å². The van der Waals surface area contributed by atoms with Crippen LogP contribution in [0.25, 0.3) is 0 Å². The van der Waals surface area contributed by atoms with Gasteiger partial charge in [-0.15, -0.1) is 0 Å². The van der Waals surface area contributed by atoms with Crippen LogP contribution in [0.5, 0.6) is 11.5 Å². The Morgan fingerprint density at radius 1 is 1.28 bits per heavy atom. The first kappa shape index (κ1) is 12.7. The molecular weight excluding hydrogens is 234 g/mol. The first-order chi connectivity index (χ1) is 8.46. The number of nitrogens with zero attached hydrogens (tertiary/aromatic N) is 1. The van der Waals surface area contributed by atoms with Gasteiger partial charge in [-0.05, 0) is 38.7 Å². The number of likely N-dealkylation sites (N-methyl/N-ethyl adjacent to an activating group) is 1. The van der Waals surface area contributed by atoms with Crippen molar-refractivity contribution in [2.24, 2.45) is 0 Å². The second-order valence-electron chi connectivity index (χ2n) is 4.63. The van der Waals surface area contributed by atoms with Gasteiger partial charge in [0.25, 0.3) is 0 Å². The first-order valence-corrected chi connectivity index (χ1v) is 5.77. The molecule has 1 atom stereocenters. The van der Waals surface area contributed by atoms with Crippen LogP contribution in [-0.4, -0.2) is 43.3 Å². The Morgan fingerprint density at radius 3 is 2.44 bits per heavy atom. The molecule has 1 N–H and O–H groups in total. The molecule has 0 bridgehead atoms. The lowest BCUT2D eigenvalue weighted by atomic mass is 9.90. The fourth-order valence-electron chi connectivity index (χ4n) is 1.92. The highest BCUT2D eigenvalue weighted by Crippen LogP contribution is 2.36. The maximum atomic E-state index is 11.5. The Morgan fingerprint density at radius 2 is 1.89 bits per heavy atom. The molecule has 0 amide bonds. The van der Waals surface area contributed by atoms with Crippen molar-refractivity contribution < 1.29 is 19.4 Å². The van der Waals surface area contributed by atoms with Crippen molar-refractivity contribution in [1.82, 2.24) is 4.90 Å². The zero-order chi connectivity index (χ0) is 13.3. The normalized spacial score (nSPS) is 17.3. The quantitative estimate of drug-likeness (QED) is 0.878. The molecule has 5 heteroatoms. The average molecular weight is 251 g/mol. The lowest BCUT2D eigenvalue weighted by Gasteiger charge is -2.33. The SMILES string of the molecule is CN(C)C(C)(C(=O)O)c1ccc2c(c1)OCCO2. The summed E-state index contributed by atoms with van der Waals surface area (Å²) < 4.78 is 10.9. The molecule has 1 aliphatic heterocycles. The lowest BCUT2D eigenvalue weighted by Crippen LogP contribution is -2.45. The Balaban J connectivity index is 2.46. The molecule has 2 rings (SSSR count). The predicted octanol–water partition coefficient (Wildman–Crippen LogP) is 1.32. The maximum absolute atomic E-state index is 11.5. The maximum Gasteiger partial charge on any atom is 0.328 e. The molecule has 98 valence electrons. The number of aliphatic carboxylic acids is 1. The average Bonchev–Trinajstić information content (AvgIpc) is 2.36. The second kappa shape index (κ2) is 4.49. The third kappa shape index (κ3) is 1.90. The molecule has 1 aliphatic rings. The van der Waals surface area contributed by atoms with Gasteiger partial charge >= 0.3 is 5.97 Å². The zero-order valence-corrected chi connectivity index (χ0v) is 10.8. The Kier molecular flexibility index (Phi) is 3.17. The Hall–Kier alpha value is -1.75. The highest BCUT2D eigenvalue weighted by Gasteiger charge is 2.38. The molecule has 0 fully saturated rings. The van der Waals surface area contributed by atoms with Gasteiger partial charge in [-0.25, -0.2) is 4.79 Å². The minimum Gasteiger partial charge on any atom is -0.486 e. The van der Waals surface area contributed by atoms with E-state index in [9.17, 15) is 9.90 Å². The van der Waals surface area contributed by atoms with E-state index in [2.05, 4.69) is 0 Å². The van der Waals surface area contributed by atoms with Crippen LogP contribution in [0.4, 0.5) is 0 Å². The summed E-state index contributed by atoms with van der Waals surface area (Å²) >= 11 is 0. The van der Waals surface area contributed by atoms with Gasteiger partial charge in [0.1, 0.15) is 18.8 Å². The third-order valence-corrected chi connectivity index (χ3v) is 3.42. The number of hydrogen-bond acceptors (Lipinski definition) is 4. The number of hydrogen-bond donors (Lipinski definition) is 1. The predicted molar refractivity (Wildman–Crippen MR) is 66.1 cm³/mol. The minimum absolute atomic E-state index is 0.488. The molecule has 1 heterocycles.